The molecule has 37 heavy (non-hydrogen) atoms. The van der Waals surface area contributed by atoms with E-state index in [0.29, 0.717) is 13.2 Å². The molecule has 2 amide bonds. The molecule has 1 N–H and O–H groups in total. The van der Waals surface area contributed by atoms with Crippen LogP contribution in [-0.4, -0.2) is 65.8 Å². The van der Waals surface area contributed by atoms with Gasteiger partial charge in [0.25, 0.3) is 5.91 Å². The average Bonchev–Trinajstić information content (AvgIpc) is 3.58. The number of ether oxygens (including phenoxy) is 3. The van der Waals surface area contributed by atoms with Gasteiger partial charge in [0.2, 0.25) is 5.91 Å². The first-order valence-corrected chi connectivity index (χ1v) is 12.1. The summed E-state index contributed by atoms with van der Waals surface area (Å²) in [4.78, 5) is 44.3. The van der Waals surface area contributed by atoms with Gasteiger partial charge < -0.3 is 24.4 Å². The second kappa shape index (κ2) is 10.9. The molecule has 0 aliphatic carbocycles. The molecule has 1 aromatic heterocycles. The van der Waals surface area contributed by atoms with Crippen LogP contribution in [-0.2, 0) is 30.4 Å². The van der Waals surface area contributed by atoms with Crippen molar-refractivity contribution in [2.24, 2.45) is 0 Å². The molecule has 5 rings (SSSR count). The molecule has 1 spiro atoms. The van der Waals surface area contributed by atoms with Crippen molar-refractivity contribution in [2.45, 2.75) is 24.9 Å². The molecule has 0 radical (unpaired) electrons. The number of hydrogen-bond donors (Lipinski definition) is 1. The molecular weight excluding hydrogens is 474 g/mol. The fourth-order valence-electron chi connectivity index (χ4n) is 4.52. The van der Waals surface area contributed by atoms with Crippen LogP contribution in [0.1, 0.15) is 22.5 Å². The highest BCUT2D eigenvalue weighted by Gasteiger charge is 2.53. The Balaban J connectivity index is 1.21. The Bertz CT molecular complexity index is 1240. The van der Waals surface area contributed by atoms with E-state index >= 15 is 0 Å². The zero-order valence-electron chi connectivity index (χ0n) is 20.2. The van der Waals surface area contributed by atoms with E-state index in [2.05, 4.69) is 10.3 Å². The highest BCUT2D eigenvalue weighted by atomic mass is 16.7. The molecular formula is C28H27N3O6. The van der Waals surface area contributed by atoms with Gasteiger partial charge in [-0.25, -0.2) is 4.79 Å². The molecule has 9 nitrogen and oxygen atoms in total. The summed E-state index contributed by atoms with van der Waals surface area (Å²) in [7, 11) is 0. The lowest BCUT2D eigenvalue weighted by Crippen LogP contribution is -2.46. The Labute approximate surface area is 214 Å². The number of pyridine rings is 1. The van der Waals surface area contributed by atoms with E-state index in [1.54, 1.807) is 18.3 Å². The smallest absolute Gasteiger partial charge is 0.329 e. The number of hydrogen-bond acceptors (Lipinski definition) is 7. The Morgan fingerprint density at radius 1 is 0.946 bits per heavy atom. The number of aromatic nitrogens is 1. The third kappa shape index (κ3) is 5.68. The summed E-state index contributed by atoms with van der Waals surface area (Å²) in [5.41, 5.74) is 2.89. The largest absolute Gasteiger partial charge is 0.459 e. The van der Waals surface area contributed by atoms with E-state index in [-0.39, 0.29) is 31.8 Å². The number of esters is 1. The van der Waals surface area contributed by atoms with Crippen molar-refractivity contribution in [2.75, 3.05) is 26.3 Å². The van der Waals surface area contributed by atoms with Crippen LogP contribution in [0, 0.1) is 0 Å². The lowest BCUT2D eigenvalue weighted by Gasteiger charge is -2.23. The van der Waals surface area contributed by atoms with Crippen LogP contribution in [0.5, 0.6) is 0 Å². The van der Waals surface area contributed by atoms with Crippen LogP contribution >= 0.6 is 0 Å². The second-order valence-electron chi connectivity index (χ2n) is 8.92. The standard InChI is InChI=1S/C28H27N3O6/c32-25(17-30-26(33)23-12-11-22(16-29-23)21-9-5-2-6-10-21)31-19-28(36-13-14-37-28)15-24(31)27(34)35-18-20-7-3-1-4-8-20/h1-12,16,24H,13-15,17-19H2,(H,30,33)/t24-/m0/s1. The van der Waals surface area contributed by atoms with Crippen LogP contribution < -0.4 is 5.32 Å². The van der Waals surface area contributed by atoms with Gasteiger partial charge in [-0.15, -0.1) is 0 Å². The Morgan fingerprint density at radius 3 is 2.32 bits per heavy atom. The zero-order chi connectivity index (χ0) is 25.7. The summed E-state index contributed by atoms with van der Waals surface area (Å²) in [6, 6.07) is 21.5. The number of carbonyl (C=O) groups is 3. The van der Waals surface area contributed by atoms with Gasteiger partial charge in [0.1, 0.15) is 18.3 Å². The molecule has 3 heterocycles. The van der Waals surface area contributed by atoms with Crippen LogP contribution in [0.25, 0.3) is 11.1 Å². The van der Waals surface area contributed by atoms with Crippen molar-refractivity contribution in [3.63, 3.8) is 0 Å². The van der Waals surface area contributed by atoms with Crippen molar-refractivity contribution < 1.29 is 28.6 Å². The highest BCUT2D eigenvalue weighted by molar-refractivity contribution is 5.96. The number of nitrogens with one attached hydrogen (secondary N) is 1. The number of nitrogens with zero attached hydrogens (tertiary/aromatic N) is 2. The maximum atomic E-state index is 13.1. The first-order valence-electron chi connectivity index (χ1n) is 12.1. The predicted octanol–water partition coefficient (Wildman–Crippen LogP) is 2.57. The fraction of sp³-hybridized carbons (Fsp3) is 0.286. The number of rotatable bonds is 7. The van der Waals surface area contributed by atoms with E-state index in [9.17, 15) is 14.4 Å². The highest BCUT2D eigenvalue weighted by Crippen LogP contribution is 2.35. The van der Waals surface area contributed by atoms with Crippen molar-refractivity contribution in [3.8, 4) is 11.1 Å². The third-order valence-corrected chi connectivity index (χ3v) is 6.43. The van der Waals surface area contributed by atoms with Gasteiger partial charge in [-0.05, 0) is 17.2 Å². The normalized spacial score (nSPS) is 18.1. The first-order chi connectivity index (χ1) is 18.0. The molecule has 2 aliphatic rings. The summed E-state index contributed by atoms with van der Waals surface area (Å²) < 4.78 is 17.0. The van der Waals surface area contributed by atoms with Crippen molar-refractivity contribution in [1.82, 2.24) is 15.2 Å². The zero-order valence-corrected chi connectivity index (χ0v) is 20.2. The maximum absolute atomic E-state index is 13.1. The Kier molecular flexibility index (Phi) is 7.25. The van der Waals surface area contributed by atoms with Gasteiger partial charge in [0, 0.05) is 18.2 Å². The van der Waals surface area contributed by atoms with Crippen molar-refractivity contribution >= 4 is 17.8 Å². The number of benzene rings is 2. The third-order valence-electron chi connectivity index (χ3n) is 6.43. The minimum Gasteiger partial charge on any atom is -0.459 e. The minimum atomic E-state index is -1.04. The number of amides is 2. The van der Waals surface area contributed by atoms with Gasteiger partial charge in [0.05, 0.1) is 26.3 Å². The van der Waals surface area contributed by atoms with Gasteiger partial charge in [-0.1, -0.05) is 66.7 Å². The molecule has 2 aromatic carbocycles. The van der Waals surface area contributed by atoms with Gasteiger partial charge in [-0.3, -0.25) is 14.6 Å². The van der Waals surface area contributed by atoms with Crippen LogP contribution in [0.2, 0.25) is 0 Å². The topological polar surface area (TPSA) is 107 Å². The van der Waals surface area contributed by atoms with Crippen LogP contribution in [0.15, 0.2) is 79.0 Å². The Morgan fingerprint density at radius 2 is 1.65 bits per heavy atom. The SMILES string of the molecule is O=C(NCC(=O)N1CC2(C[C@H]1C(=O)OCc1ccccc1)OCCO2)c1ccc(-c2ccccc2)cn1. The number of likely N-dealkylation sites (tertiary alicyclic amines) is 1. The van der Waals surface area contributed by atoms with E-state index in [1.807, 2.05) is 60.7 Å². The molecule has 0 unspecified atom stereocenters. The van der Waals surface area contributed by atoms with E-state index < -0.39 is 29.6 Å². The second-order valence-corrected chi connectivity index (χ2v) is 8.92. The summed E-state index contributed by atoms with van der Waals surface area (Å²) in [5, 5.41) is 2.60. The molecule has 1 atom stereocenters. The summed E-state index contributed by atoms with van der Waals surface area (Å²) >= 11 is 0. The quantitative estimate of drug-likeness (QED) is 0.496. The molecule has 2 saturated heterocycles. The molecule has 2 aliphatic heterocycles. The Hall–Kier alpha value is -4.08. The first kappa shape index (κ1) is 24.6. The minimum absolute atomic E-state index is 0.0802. The molecule has 3 aromatic rings. The number of carbonyl (C=O) groups excluding carboxylic acids is 3. The van der Waals surface area contributed by atoms with Gasteiger partial charge >= 0.3 is 5.97 Å². The maximum Gasteiger partial charge on any atom is 0.329 e. The van der Waals surface area contributed by atoms with E-state index in [4.69, 9.17) is 14.2 Å². The monoisotopic (exact) mass is 501 g/mol. The van der Waals surface area contributed by atoms with Gasteiger partial charge in [0.15, 0.2) is 5.79 Å². The summed E-state index contributed by atoms with van der Waals surface area (Å²) in [5.74, 6) is -2.51. The lowest BCUT2D eigenvalue weighted by atomic mass is 10.1. The molecule has 0 bridgehead atoms. The summed E-state index contributed by atoms with van der Waals surface area (Å²) in [6.45, 7) is 0.634. The van der Waals surface area contributed by atoms with Crippen molar-refractivity contribution in [1.29, 1.82) is 0 Å². The fourth-order valence-corrected chi connectivity index (χ4v) is 4.52. The van der Waals surface area contributed by atoms with E-state index in [1.165, 1.54) is 4.90 Å². The van der Waals surface area contributed by atoms with Crippen LogP contribution in [0.4, 0.5) is 0 Å². The predicted molar refractivity (Wildman–Crippen MR) is 133 cm³/mol. The van der Waals surface area contributed by atoms with Crippen LogP contribution in [0.3, 0.4) is 0 Å². The lowest BCUT2D eigenvalue weighted by molar-refractivity contribution is -0.155. The summed E-state index contributed by atoms with van der Waals surface area (Å²) in [6.07, 6.45) is 1.78. The average molecular weight is 502 g/mol. The molecule has 190 valence electrons. The molecule has 0 saturated carbocycles. The van der Waals surface area contributed by atoms with Crippen molar-refractivity contribution in [3.05, 3.63) is 90.3 Å². The molecule has 9 heteroatoms. The van der Waals surface area contributed by atoms with E-state index in [0.717, 1.165) is 16.7 Å². The van der Waals surface area contributed by atoms with Gasteiger partial charge in [-0.2, -0.15) is 0 Å². The molecule has 2 fully saturated rings.